The maximum absolute atomic E-state index is 11.7. The van der Waals surface area contributed by atoms with Crippen molar-refractivity contribution in [3.05, 3.63) is 48.4 Å². The summed E-state index contributed by atoms with van der Waals surface area (Å²) in [6, 6.07) is 8.97. The normalized spacial score (nSPS) is 10.5. The number of nitrogens with one attached hydrogen (secondary N) is 2. The third-order valence-electron chi connectivity index (χ3n) is 2.98. The van der Waals surface area contributed by atoms with Crippen molar-refractivity contribution >= 4 is 28.5 Å². The van der Waals surface area contributed by atoms with E-state index in [-0.39, 0.29) is 5.97 Å². The van der Waals surface area contributed by atoms with Gasteiger partial charge in [-0.3, -0.25) is 0 Å². The first kappa shape index (κ1) is 13.1. The van der Waals surface area contributed by atoms with Crippen LogP contribution < -0.4 is 5.32 Å². The first-order valence-corrected chi connectivity index (χ1v) is 6.60. The fourth-order valence-electron chi connectivity index (χ4n) is 2.04. The lowest BCUT2D eigenvalue weighted by Gasteiger charge is -2.08. The van der Waals surface area contributed by atoms with Gasteiger partial charge in [0.1, 0.15) is 11.8 Å². The monoisotopic (exact) mass is 282 g/mol. The molecule has 2 N–H and O–H groups in total. The van der Waals surface area contributed by atoms with Gasteiger partial charge >= 0.3 is 5.97 Å². The molecule has 0 aliphatic rings. The number of esters is 1. The van der Waals surface area contributed by atoms with Gasteiger partial charge in [0, 0.05) is 11.9 Å². The van der Waals surface area contributed by atoms with E-state index >= 15 is 0 Å². The number of H-pyrrole nitrogens is 1. The smallest absolute Gasteiger partial charge is 0.338 e. The fraction of sp³-hybridized carbons (Fsp3) is 0.133. The largest absolute Gasteiger partial charge is 0.462 e. The highest BCUT2D eigenvalue weighted by atomic mass is 16.5. The number of hydrogen-bond donors (Lipinski definition) is 2. The Labute approximate surface area is 121 Å². The van der Waals surface area contributed by atoms with E-state index in [0.717, 1.165) is 16.7 Å². The van der Waals surface area contributed by atoms with Gasteiger partial charge in [-0.1, -0.05) is 6.07 Å². The highest BCUT2D eigenvalue weighted by Crippen LogP contribution is 2.22. The summed E-state index contributed by atoms with van der Waals surface area (Å²) in [6.07, 6.45) is 3.30. The number of benzene rings is 1. The molecule has 6 heteroatoms. The van der Waals surface area contributed by atoms with Gasteiger partial charge in [-0.2, -0.15) is 0 Å². The third kappa shape index (κ3) is 2.69. The van der Waals surface area contributed by atoms with E-state index in [0.29, 0.717) is 18.0 Å². The molecule has 3 aromatic rings. The molecule has 0 unspecified atom stereocenters. The average Bonchev–Trinajstić information content (AvgIpc) is 2.97. The van der Waals surface area contributed by atoms with Crippen molar-refractivity contribution in [3.63, 3.8) is 0 Å². The number of rotatable bonds is 4. The zero-order valence-corrected chi connectivity index (χ0v) is 11.5. The molecular formula is C15H14N4O2. The second-order valence-corrected chi connectivity index (χ2v) is 4.39. The zero-order chi connectivity index (χ0) is 14.7. The summed E-state index contributed by atoms with van der Waals surface area (Å²) in [5.41, 5.74) is 2.90. The number of nitrogens with zero attached hydrogens (tertiary/aromatic N) is 2. The van der Waals surface area contributed by atoms with Crippen molar-refractivity contribution < 1.29 is 9.53 Å². The van der Waals surface area contributed by atoms with Crippen LogP contribution in [0.3, 0.4) is 0 Å². The highest BCUT2D eigenvalue weighted by molar-refractivity contribution is 5.92. The molecule has 106 valence electrons. The number of aromatic nitrogens is 3. The molecule has 0 bridgehead atoms. The molecule has 0 spiro atoms. The second kappa shape index (κ2) is 5.62. The van der Waals surface area contributed by atoms with Gasteiger partial charge in [-0.15, -0.1) is 0 Å². The summed E-state index contributed by atoms with van der Waals surface area (Å²) < 4.78 is 4.99. The van der Waals surface area contributed by atoms with Crippen molar-refractivity contribution in [2.75, 3.05) is 11.9 Å². The molecule has 0 amide bonds. The van der Waals surface area contributed by atoms with Gasteiger partial charge in [0.2, 0.25) is 0 Å². The quantitative estimate of drug-likeness (QED) is 0.719. The van der Waals surface area contributed by atoms with Crippen molar-refractivity contribution in [2.24, 2.45) is 0 Å². The summed E-state index contributed by atoms with van der Waals surface area (Å²) in [4.78, 5) is 23.2. The molecule has 0 atom stereocenters. The molecule has 3 rings (SSSR count). The number of hydrogen-bond acceptors (Lipinski definition) is 5. The van der Waals surface area contributed by atoms with Crippen LogP contribution in [0.4, 0.5) is 11.5 Å². The Morgan fingerprint density at radius 2 is 2.24 bits per heavy atom. The fourth-order valence-corrected chi connectivity index (χ4v) is 2.04. The lowest BCUT2D eigenvalue weighted by Crippen LogP contribution is -2.05. The van der Waals surface area contributed by atoms with E-state index in [2.05, 4.69) is 20.3 Å². The topological polar surface area (TPSA) is 79.9 Å². The average molecular weight is 282 g/mol. The summed E-state index contributed by atoms with van der Waals surface area (Å²) in [5, 5.41) is 3.18. The number of carbonyl (C=O) groups excluding carboxylic acids is 1. The minimum atomic E-state index is -0.339. The number of fused-ring (bicyclic) bond motifs is 1. The van der Waals surface area contributed by atoms with Crippen molar-refractivity contribution in [2.45, 2.75) is 6.92 Å². The van der Waals surface area contributed by atoms with Crippen molar-refractivity contribution in [1.82, 2.24) is 15.0 Å². The maximum atomic E-state index is 11.7. The minimum absolute atomic E-state index is 0.339. The Morgan fingerprint density at radius 1 is 1.33 bits per heavy atom. The van der Waals surface area contributed by atoms with Crippen LogP contribution in [0.2, 0.25) is 0 Å². The van der Waals surface area contributed by atoms with Gasteiger partial charge < -0.3 is 15.0 Å². The van der Waals surface area contributed by atoms with Gasteiger partial charge in [-0.05, 0) is 31.2 Å². The minimum Gasteiger partial charge on any atom is -0.462 e. The Balaban J connectivity index is 1.90. The van der Waals surface area contributed by atoms with Crippen LogP contribution in [0.15, 0.2) is 42.9 Å². The number of carbonyl (C=O) groups is 1. The van der Waals surface area contributed by atoms with Gasteiger partial charge in [0.25, 0.3) is 0 Å². The van der Waals surface area contributed by atoms with Crippen LogP contribution >= 0.6 is 0 Å². The second-order valence-electron chi connectivity index (χ2n) is 4.39. The first-order valence-electron chi connectivity index (χ1n) is 6.60. The highest BCUT2D eigenvalue weighted by Gasteiger charge is 2.09. The molecule has 21 heavy (non-hydrogen) atoms. The number of aromatic amines is 1. The molecule has 0 aliphatic carbocycles. The van der Waals surface area contributed by atoms with Crippen LogP contribution in [0.5, 0.6) is 0 Å². The van der Waals surface area contributed by atoms with Crippen LogP contribution in [-0.2, 0) is 4.74 Å². The SMILES string of the molecule is CCOC(=O)c1cccc(Nc2ncnc3cc[nH]c23)c1. The molecule has 0 radical (unpaired) electrons. The predicted octanol–water partition coefficient (Wildman–Crippen LogP) is 2.88. The van der Waals surface area contributed by atoms with E-state index in [1.165, 1.54) is 6.33 Å². The van der Waals surface area contributed by atoms with Crippen molar-refractivity contribution in [3.8, 4) is 0 Å². The van der Waals surface area contributed by atoms with Crippen LogP contribution in [0.25, 0.3) is 11.0 Å². The number of anilines is 2. The summed E-state index contributed by atoms with van der Waals surface area (Å²) in [7, 11) is 0. The summed E-state index contributed by atoms with van der Waals surface area (Å²) in [5.74, 6) is 0.319. The summed E-state index contributed by atoms with van der Waals surface area (Å²) >= 11 is 0. The van der Waals surface area contributed by atoms with Crippen LogP contribution in [0.1, 0.15) is 17.3 Å². The van der Waals surface area contributed by atoms with E-state index < -0.39 is 0 Å². The van der Waals surface area contributed by atoms with E-state index in [1.54, 1.807) is 31.3 Å². The number of ether oxygens (including phenoxy) is 1. The predicted molar refractivity (Wildman–Crippen MR) is 79.6 cm³/mol. The Bertz CT molecular complexity index is 782. The Hall–Kier alpha value is -2.89. The van der Waals surface area contributed by atoms with Gasteiger partial charge in [0.15, 0.2) is 5.82 Å². The molecule has 0 fully saturated rings. The Morgan fingerprint density at radius 3 is 3.10 bits per heavy atom. The van der Waals surface area contributed by atoms with E-state index in [1.807, 2.05) is 12.1 Å². The van der Waals surface area contributed by atoms with E-state index in [4.69, 9.17) is 4.74 Å². The third-order valence-corrected chi connectivity index (χ3v) is 2.98. The van der Waals surface area contributed by atoms with E-state index in [9.17, 15) is 4.79 Å². The molecule has 6 nitrogen and oxygen atoms in total. The molecule has 0 saturated carbocycles. The zero-order valence-electron chi connectivity index (χ0n) is 11.5. The van der Waals surface area contributed by atoms with Crippen LogP contribution in [0, 0.1) is 0 Å². The molecule has 1 aromatic carbocycles. The molecular weight excluding hydrogens is 268 g/mol. The molecule has 0 aliphatic heterocycles. The maximum Gasteiger partial charge on any atom is 0.338 e. The molecule has 2 aromatic heterocycles. The standard InChI is InChI=1S/C15H14N4O2/c1-2-21-15(20)10-4-3-5-11(8-10)19-14-13-12(6-7-16-13)17-9-18-14/h3-9,16H,2H2,1H3,(H,17,18,19). The molecule has 0 saturated heterocycles. The Kier molecular flexibility index (Phi) is 3.51. The van der Waals surface area contributed by atoms with Crippen molar-refractivity contribution in [1.29, 1.82) is 0 Å². The van der Waals surface area contributed by atoms with Crippen LogP contribution in [-0.4, -0.2) is 27.5 Å². The summed E-state index contributed by atoms with van der Waals surface area (Å²) in [6.45, 7) is 2.13. The lowest BCUT2D eigenvalue weighted by molar-refractivity contribution is 0.0526. The van der Waals surface area contributed by atoms with Gasteiger partial charge in [0.05, 0.1) is 17.7 Å². The first-order chi connectivity index (χ1) is 10.3. The molecule has 2 heterocycles. The van der Waals surface area contributed by atoms with Gasteiger partial charge in [-0.25, -0.2) is 14.8 Å². The lowest BCUT2D eigenvalue weighted by atomic mass is 10.2.